The summed E-state index contributed by atoms with van der Waals surface area (Å²) >= 11 is 0. The Labute approximate surface area is 222 Å². The quantitative estimate of drug-likeness (QED) is 0.290. The van der Waals surface area contributed by atoms with Crippen LogP contribution in [0.2, 0.25) is 0 Å². The number of carbonyl (C=O) groups is 1. The molecule has 4 saturated heterocycles. The third-order valence-corrected chi connectivity index (χ3v) is 9.14. The Morgan fingerprint density at radius 3 is 2.84 bits per heavy atom. The lowest BCUT2D eigenvalue weighted by Gasteiger charge is -2.60. The maximum absolute atomic E-state index is 13.9. The first-order valence-corrected chi connectivity index (χ1v) is 13.9. The standard InChI is InChI=1S/C28H37FN2O7/c1-5-34-30-23-19-15-18(29)8-10-22(19)31(24(23)32)13-6-14-33-25-17(3)21-9-7-16(2)20-11-12-27(4)36-26(35-25)28(20,21)38-37-27/h8,10,15-17,20-21,25-26H,5-7,9,11-14H2,1-4H3/b30-23+/t16-,17-,20+,21+,25?,26-,27-,28-/m1/s1. The van der Waals surface area contributed by atoms with Gasteiger partial charge in [0, 0.05) is 30.4 Å². The number of benzene rings is 1. The number of hydrogen-bond acceptors (Lipinski definition) is 8. The van der Waals surface area contributed by atoms with Crippen molar-refractivity contribution in [2.75, 3.05) is 24.7 Å². The molecule has 8 atom stereocenters. The summed E-state index contributed by atoms with van der Waals surface area (Å²) in [7, 11) is 0. The van der Waals surface area contributed by atoms with E-state index in [2.05, 4.69) is 19.0 Å². The highest BCUT2D eigenvalue weighted by Crippen LogP contribution is 2.60. The first-order valence-electron chi connectivity index (χ1n) is 13.9. The Morgan fingerprint density at radius 1 is 1.18 bits per heavy atom. The Kier molecular flexibility index (Phi) is 6.75. The predicted octanol–water partition coefficient (Wildman–Crippen LogP) is 4.53. The monoisotopic (exact) mass is 532 g/mol. The SMILES string of the molecule is CCO/N=C1/C(=O)N(CCCOC2O[C@@H]3O[C@@]4(C)CC[C@H]5[C@H](C)CC[C@@H]([C@H]2C)[C@@]35OO4)c2ccc(F)cc21. The van der Waals surface area contributed by atoms with E-state index >= 15 is 0 Å². The molecule has 0 aromatic heterocycles. The summed E-state index contributed by atoms with van der Waals surface area (Å²) in [6, 6.07) is 4.27. The van der Waals surface area contributed by atoms with Crippen LogP contribution in [-0.2, 0) is 33.6 Å². The Morgan fingerprint density at radius 2 is 2.03 bits per heavy atom. The van der Waals surface area contributed by atoms with Crippen LogP contribution in [0.25, 0.3) is 0 Å². The molecule has 2 bridgehead atoms. The van der Waals surface area contributed by atoms with Gasteiger partial charge in [-0.1, -0.05) is 19.0 Å². The predicted molar refractivity (Wildman–Crippen MR) is 134 cm³/mol. The largest absolute Gasteiger partial charge is 0.395 e. The average molecular weight is 533 g/mol. The van der Waals surface area contributed by atoms with Crippen molar-refractivity contribution >= 4 is 17.3 Å². The van der Waals surface area contributed by atoms with Crippen molar-refractivity contribution in [2.45, 2.75) is 83.8 Å². The summed E-state index contributed by atoms with van der Waals surface area (Å²) in [6.45, 7) is 9.23. The van der Waals surface area contributed by atoms with Crippen LogP contribution in [-0.4, -0.2) is 55.3 Å². The van der Waals surface area contributed by atoms with Crippen LogP contribution in [0.4, 0.5) is 10.1 Å². The average Bonchev–Trinajstić information content (AvgIpc) is 2.99. The van der Waals surface area contributed by atoms with Crippen LogP contribution in [0.3, 0.4) is 0 Å². The fraction of sp³-hybridized carbons (Fsp3) is 0.714. The van der Waals surface area contributed by atoms with E-state index in [1.54, 1.807) is 17.9 Å². The van der Waals surface area contributed by atoms with Crippen LogP contribution >= 0.6 is 0 Å². The molecule has 1 spiro atoms. The second-order valence-corrected chi connectivity index (χ2v) is 11.5. The summed E-state index contributed by atoms with van der Waals surface area (Å²) in [4.78, 5) is 31.8. The van der Waals surface area contributed by atoms with Gasteiger partial charge >= 0.3 is 0 Å². The second kappa shape index (κ2) is 9.82. The molecular weight excluding hydrogens is 495 g/mol. The zero-order chi connectivity index (χ0) is 26.7. The molecule has 0 N–H and O–H groups in total. The number of nitrogens with zero attached hydrogens (tertiary/aromatic N) is 2. The minimum atomic E-state index is -0.827. The number of halogens is 1. The van der Waals surface area contributed by atoms with Crippen LogP contribution in [0, 0.1) is 29.5 Å². The normalized spacial score (nSPS) is 40.7. The van der Waals surface area contributed by atoms with E-state index in [9.17, 15) is 9.18 Å². The molecule has 1 aliphatic carbocycles. The summed E-state index contributed by atoms with van der Waals surface area (Å²) in [6.07, 6.45) is 3.43. The molecule has 38 heavy (non-hydrogen) atoms. The second-order valence-electron chi connectivity index (χ2n) is 11.5. The zero-order valence-corrected chi connectivity index (χ0v) is 22.5. The molecule has 9 nitrogen and oxygen atoms in total. The van der Waals surface area contributed by atoms with Crippen molar-refractivity contribution in [2.24, 2.45) is 28.8 Å². The summed E-state index contributed by atoms with van der Waals surface area (Å²) in [5.74, 6) is -0.486. The van der Waals surface area contributed by atoms with Gasteiger partial charge in [0.2, 0.25) is 5.79 Å². The van der Waals surface area contributed by atoms with Crippen molar-refractivity contribution in [3.63, 3.8) is 0 Å². The van der Waals surface area contributed by atoms with Gasteiger partial charge in [-0.05, 0) is 69.6 Å². The van der Waals surface area contributed by atoms with Crippen molar-refractivity contribution in [3.05, 3.63) is 29.6 Å². The van der Waals surface area contributed by atoms with E-state index in [0.717, 1.165) is 25.7 Å². The van der Waals surface area contributed by atoms with Gasteiger partial charge in [0.05, 0.1) is 12.3 Å². The van der Waals surface area contributed by atoms with E-state index in [0.29, 0.717) is 49.3 Å². The smallest absolute Gasteiger partial charge is 0.281 e. The Hall–Kier alpha value is -2.11. The minimum Gasteiger partial charge on any atom is -0.395 e. The number of ether oxygens (including phenoxy) is 3. The summed E-state index contributed by atoms with van der Waals surface area (Å²) < 4.78 is 33.1. The summed E-state index contributed by atoms with van der Waals surface area (Å²) in [5.41, 5.74) is 0.560. The highest BCUT2D eigenvalue weighted by atomic mass is 19.1. The Balaban J connectivity index is 1.13. The lowest BCUT2D eigenvalue weighted by molar-refractivity contribution is -0.577. The van der Waals surface area contributed by atoms with Crippen LogP contribution in [0.5, 0.6) is 0 Å². The fourth-order valence-corrected chi connectivity index (χ4v) is 7.21. The summed E-state index contributed by atoms with van der Waals surface area (Å²) in [5, 5.41) is 3.94. The van der Waals surface area contributed by atoms with E-state index < -0.39 is 29.8 Å². The molecule has 5 heterocycles. The van der Waals surface area contributed by atoms with E-state index in [4.69, 9.17) is 28.8 Å². The van der Waals surface area contributed by atoms with Gasteiger partial charge in [-0.15, -0.1) is 0 Å². The molecule has 6 aliphatic rings. The molecule has 10 heteroatoms. The first-order chi connectivity index (χ1) is 18.3. The van der Waals surface area contributed by atoms with E-state index in [1.807, 2.05) is 6.92 Å². The highest BCUT2D eigenvalue weighted by Gasteiger charge is 2.69. The number of oxime groups is 1. The first kappa shape index (κ1) is 26.1. The lowest BCUT2D eigenvalue weighted by atomic mass is 9.58. The Bertz CT molecular complexity index is 1120. The number of amides is 1. The van der Waals surface area contributed by atoms with Crippen molar-refractivity contribution in [1.82, 2.24) is 0 Å². The highest BCUT2D eigenvalue weighted by molar-refractivity contribution is 6.54. The molecule has 1 amide bonds. The molecular formula is C28H37FN2O7. The lowest BCUT2D eigenvalue weighted by Crippen LogP contribution is -2.70. The van der Waals surface area contributed by atoms with Gasteiger partial charge in [-0.25, -0.2) is 14.2 Å². The van der Waals surface area contributed by atoms with E-state index in [-0.39, 0.29) is 23.5 Å². The van der Waals surface area contributed by atoms with Gasteiger partial charge in [-0.3, -0.25) is 4.79 Å². The molecule has 5 fully saturated rings. The minimum absolute atomic E-state index is 0.0814. The van der Waals surface area contributed by atoms with Gasteiger partial charge in [-0.2, -0.15) is 0 Å². The van der Waals surface area contributed by atoms with E-state index in [1.165, 1.54) is 12.1 Å². The number of hydrogen-bond donors (Lipinski definition) is 0. The number of rotatable bonds is 7. The molecule has 1 unspecified atom stereocenters. The molecule has 7 rings (SSSR count). The number of fused-ring (bicyclic) bond motifs is 3. The molecule has 1 saturated carbocycles. The van der Waals surface area contributed by atoms with Gasteiger partial charge in [0.1, 0.15) is 12.4 Å². The van der Waals surface area contributed by atoms with Gasteiger partial charge < -0.3 is 23.9 Å². The molecule has 0 radical (unpaired) electrons. The number of anilines is 1. The number of carbonyl (C=O) groups excluding carboxylic acids is 1. The maximum atomic E-state index is 13.9. The molecule has 5 aliphatic heterocycles. The van der Waals surface area contributed by atoms with Crippen LogP contribution < -0.4 is 4.90 Å². The van der Waals surface area contributed by atoms with Crippen molar-refractivity contribution in [1.29, 1.82) is 0 Å². The molecule has 1 aromatic carbocycles. The molecule has 208 valence electrons. The maximum Gasteiger partial charge on any atom is 0.281 e. The van der Waals surface area contributed by atoms with Crippen LogP contribution in [0.15, 0.2) is 23.4 Å². The molecule has 1 aromatic rings. The zero-order valence-electron chi connectivity index (χ0n) is 22.5. The third-order valence-electron chi connectivity index (χ3n) is 9.14. The topological polar surface area (TPSA) is 88.1 Å². The van der Waals surface area contributed by atoms with Crippen LogP contribution in [0.1, 0.15) is 65.4 Å². The van der Waals surface area contributed by atoms with Gasteiger partial charge in [0.25, 0.3) is 5.91 Å². The van der Waals surface area contributed by atoms with Crippen molar-refractivity contribution in [3.8, 4) is 0 Å². The van der Waals surface area contributed by atoms with Gasteiger partial charge in [0.15, 0.2) is 23.9 Å². The fourth-order valence-electron chi connectivity index (χ4n) is 7.21. The third kappa shape index (κ3) is 4.07. The van der Waals surface area contributed by atoms with Crippen molar-refractivity contribution < 1.29 is 38.0 Å².